The smallest absolute Gasteiger partial charge is 0.222 e. The second-order valence-corrected chi connectivity index (χ2v) is 7.17. The quantitative estimate of drug-likeness (QED) is 0.856. The molecule has 0 aliphatic carbocycles. The summed E-state index contributed by atoms with van der Waals surface area (Å²) in [6.45, 7) is 10.5. The molecule has 0 spiro atoms. The number of aryl methyl sites for hydroxylation is 1. The van der Waals surface area contributed by atoms with Crippen molar-refractivity contribution in [2.75, 3.05) is 45.9 Å². The minimum absolute atomic E-state index is 0.268. The molecule has 0 aromatic heterocycles. The van der Waals surface area contributed by atoms with Crippen LogP contribution in [0, 0.1) is 6.92 Å². The summed E-state index contributed by atoms with van der Waals surface area (Å²) >= 11 is 0. The van der Waals surface area contributed by atoms with Gasteiger partial charge in [-0.25, -0.2) is 0 Å². The zero-order chi connectivity index (χ0) is 17.6. The molecule has 3 rings (SSSR count). The maximum atomic E-state index is 12.0. The van der Waals surface area contributed by atoms with Crippen molar-refractivity contribution in [3.8, 4) is 0 Å². The number of nitrogens with zero attached hydrogens (tertiary/aromatic N) is 2. The third kappa shape index (κ3) is 4.81. The molecule has 0 unspecified atom stereocenters. The van der Waals surface area contributed by atoms with Gasteiger partial charge in [0.25, 0.3) is 0 Å². The first kappa shape index (κ1) is 18.4. The van der Waals surface area contributed by atoms with Crippen LogP contribution in [0.1, 0.15) is 36.9 Å². The molecule has 5 heteroatoms. The lowest BCUT2D eigenvalue weighted by molar-refractivity contribution is -0.129. The predicted molar refractivity (Wildman–Crippen MR) is 99.6 cm³/mol. The van der Waals surface area contributed by atoms with E-state index in [4.69, 9.17) is 4.74 Å². The Bertz CT molecular complexity index is 572. The molecule has 0 bridgehead atoms. The number of amides is 1. The van der Waals surface area contributed by atoms with Gasteiger partial charge in [-0.15, -0.1) is 0 Å². The zero-order valence-electron chi connectivity index (χ0n) is 15.5. The van der Waals surface area contributed by atoms with E-state index in [1.165, 1.54) is 11.1 Å². The minimum atomic E-state index is 0.268. The molecule has 2 fully saturated rings. The number of rotatable bonds is 6. The monoisotopic (exact) mass is 345 g/mol. The van der Waals surface area contributed by atoms with Gasteiger partial charge in [-0.3, -0.25) is 9.69 Å². The Balaban J connectivity index is 1.68. The molecule has 138 valence electrons. The molecule has 0 radical (unpaired) electrons. The molecule has 2 heterocycles. The van der Waals surface area contributed by atoms with Crippen LogP contribution in [0.2, 0.25) is 0 Å². The molecule has 0 saturated carbocycles. The fourth-order valence-corrected chi connectivity index (χ4v) is 3.89. The van der Waals surface area contributed by atoms with Crippen LogP contribution in [-0.4, -0.2) is 67.7 Å². The summed E-state index contributed by atoms with van der Waals surface area (Å²) < 4.78 is 5.49. The van der Waals surface area contributed by atoms with E-state index < -0.39 is 0 Å². The van der Waals surface area contributed by atoms with Gasteiger partial charge in [-0.2, -0.15) is 0 Å². The average Bonchev–Trinajstić information content (AvgIpc) is 3.10. The van der Waals surface area contributed by atoms with Crippen molar-refractivity contribution < 1.29 is 9.53 Å². The third-order valence-electron chi connectivity index (χ3n) is 5.39. The van der Waals surface area contributed by atoms with Gasteiger partial charge in [0.15, 0.2) is 0 Å². The summed E-state index contributed by atoms with van der Waals surface area (Å²) in [4.78, 5) is 16.4. The van der Waals surface area contributed by atoms with Crippen molar-refractivity contribution in [2.45, 2.75) is 38.8 Å². The highest BCUT2D eigenvalue weighted by atomic mass is 16.5. The van der Waals surface area contributed by atoms with Crippen molar-refractivity contribution in [1.82, 2.24) is 15.1 Å². The van der Waals surface area contributed by atoms with Crippen molar-refractivity contribution in [1.29, 1.82) is 0 Å². The Morgan fingerprint density at radius 2 is 2.04 bits per heavy atom. The molecule has 1 amide bonds. The van der Waals surface area contributed by atoms with E-state index in [1.54, 1.807) is 0 Å². The van der Waals surface area contributed by atoms with Crippen LogP contribution in [0.4, 0.5) is 0 Å². The molecular formula is C20H31N3O2. The number of morpholine rings is 1. The normalized spacial score (nSPS) is 23.0. The van der Waals surface area contributed by atoms with Gasteiger partial charge in [-0.1, -0.05) is 31.2 Å². The Labute approximate surface area is 151 Å². The lowest BCUT2D eigenvalue weighted by atomic mass is 9.99. The Morgan fingerprint density at radius 3 is 2.76 bits per heavy atom. The summed E-state index contributed by atoms with van der Waals surface area (Å²) in [7, 11) is 0. The Kier molecular flexibility index (Phi) is 6.45. The second-order valence-electron chi connectivity index (χ2n) is 7.17. The van der Waals surface area contributed by atoms with Gasteiger partial charge in [0.2, 0.25) is 5.91 Å². The van der Waals surface area contributed by atoms with Crippen molar-refractivity contribution in [3.05, 3.63) is 35.4 Å². The number of hydrogen-bond acceptors (Lipinski definition) is 4. The van der Waals surface area contributed by atoms with Crippen LogP contribution in [0.3, 0.4) is 0 Å². The van der Waals surface area contributed by atoms with Gasteiger partial charge in [0.05, 0.1) is 13.2 Å². The fourth-order valence-electron chi connectivity index (χ4n) is 3.89. The third-order valence-corrected chi connectivity index (χ3v) is 5.39. The van der Waals surface area contributed by atoms with Gasteiger partial charge in [0.1, 0.15) is 0 Å². The first-order valence-electron chi connectivity index (χ1n) is 9.57. The van der Waals surface area contributed by atoms with E-state index in [1.807, 2.05) is 11.8 Å². The fraction of sp³-hybridized carbons (Fsp3) is 0.650. The number of likely N-dealkylation sites (tertiary alicyclic amines) is 1. The van der Waals surface area contributed by atoms with E-state index in [9.17, 15) is 4.79 Å². The predicted octanol–water partition coefficient (Wildman–Crippen LogP) is 1.97. The highest BCUT2D eigenvalue weighted by Crippen LogP contribution is 2.22. The summed E-state index contributed by atoms with van der Waals surface area (Å²) in [6.07, 6.45) is 1.64. The summed E-state index contributed by atoms with van der Waals surface area (Å²) in [6, 6.07) is 9.31. The molecule has 2 aliphatic rings. The second kappa shape index (κ2) is 8.79. The average molecular weight is 345 g/mol. The van der Waals surface area contributed by atoms with Crippen LogP contribution < -0.4 is 5.32 Å². The minimum Gasteiger partial charge on any atom is -0.379 e. The molecule has 5 nitrogen and oxygen atoms in total. The Hall–Kier alpha value is -1.43. The number of carbonyl (C=O) groups excluding carboxylic acids is 1. The largest absolute Gasteiger partial charge is 0.379 e. The van der Waals surface area contributed by atoms with Crippen LogP contribution in [0.25, 0.3) is 0 Å². The lowest BCUT2D eigenvalue weighted by Gasteiger charge is -2.33. The first-order valence-corrected chi connectivity index (χ1v) is 9.57. The standard InChI is InChI=1S/C20H31N3O2/c1-3-20(24)23-9-8-17(14-23)21-19(15-22-10-12-25-13-11-22)18-7-5-4-6-16(18)2/h4-7,17,19,21H,3,8-15H2,1-2H3/t17-,19+/m1/s1. The topological polar surface area (TPSA) is 44.8 Å². The van der Waals surface area contributed by atoms with E-state index >= 15 is 0 Å². The van der Waals surface area contributed by atoms with Gasteiger partial charge < -0.3 is 15.0 Å². The molecular weight excluding hydrogens is 314 g/mol. The van der Waals surface area contributed by atoms with Gasteiger partial charge in [-0.05, 0) is 24.5 Å². The number of carbonyl (C=O) groups is 1. The molecule has 2 aliphatic heterocycles. The van der Waals surface area contributed by atoms with Crippen molar-refractivity contribution in [3.63, 3.8) is 0 Å². The van der Waals surface area contributed by atoms with E-state index in [0.29, 0.717) is 18.5 Å². The van der Waals surface area contributed by atoms with E-state index in [0.717, 1.165) is 52.4 Å². The van der Waals surface area contributed by atoms with Crippen LogP contribution in [-0.2, 0) is 9.53 Å². The summed E-state index contributed by atoms with van der Waals surface area (Å²) in [5, 5.41) is 3.85. The number of hydrogen-bond donors (Lipinski definition) is 1. The molecule has 2 atom stereocenters. The van der Waals surface area contributed by atoms with Crippen molar-refractivity contribution >= 4 is 5.91 Å². The number of benzene rings is 1. The molecule has 1 N–H and O–H groups in total. The number of ether oxygens (including phenoxy) is 1. The highest BCUT2D eigenvalue weighted by Gasteiger charge is 2.28. The molecule has 2 saturated heterocycles. The van der Waals surface area contributed by atoms with Crippen LogP contribution in [0.15, 0.2) is 24.3 Å². The Morgan fingerprint density at radius 1 is 1.28 bits per heavy atom. The zero-order valence-corrected chi connectivity index (χ0v) is 15.5. The lowest BCUT2D eigenvalue weighted by Crippen LogP contribution is -2.45. The van der Waals surface area contributed by atoms with E-state index in [2.05, 4.69) is 41.4 Å². The van der Waals surface area contributed by atoms with Crippen LogP contribution in [0.5, 0.6) is 0 Å². The van der Waals surface area contributed by atoms with E-state index in [-0.39, 0.29) is 5.91 Å². The van der Waals surface area contributed by atoms with Gasteiger partial charge in [0, 0.05) is 51.2 Å². The summed E-state index contributed by atoms with van der Waals surface area (Å²) in [5.74, 6) is 0.268. The number of nitrogens with one attached hydrogen (secondary N) is 1. The highest BCUT2D eigenvalue weighted by molar-refractivity contribution is 5.76. The van der Waals surface area contributed by atoms with Crippen molar-refractivity contribution in [2.24, 2.45) is 0 Å². The SMILES string of the molecule is CCC(=O)N1CC[C@@H](N[C@@H](CN2CCOCC2)c2ccccc2C)C1. The summed E-state index contributed by atoms with van der Waals surface area (Å²) in [5.41, 5.74) is 2.70. The maximum absolute atomic E-state index is 12.0. The van der Waals surface area contributed by atoms with Gasteiger partial charge >= 0.3 is 0 Å². The van der Waals surface area contributed by atoms with Crippen LogP contribution >= 0.6 is 0 Å². The molecule has 25 heavy (non-hydrogen) atoms. The molecule has 1 aromatic rings. The molecule has 1 aromatic carbocycles. The first-order chi connectivity index (χ1) is 12.2. The maximum Gasteiger partial charge on any atom is 0.222 e.